The summed E-state index contributed by atoms with van der Waals surface area (Å²) in [5, 5.41) is 24.1. The highest BCUT2D eigenvalue weighted by Gasteiger charge is 2.57. The first-order chi connectivity index (χ1) is 15.8. The van der Waals surface area contributed by atoms with Crippen LogP contribution in [0.1, 0.15) is 57.4 Å². The van der Waals surface area contributed by atoms with Crippen LogP contribution in [0.3, 0.4) is 0 Å². The minimum atomic E-state index is -1.10. The Kier molecular flexibility index (Phi) is 5.69. The van der Waals surface area contributed by atoms with Gasteiger partial charge in [-0.2, -0.15) is 5.26 Å². The van der Waals surface area contributed by atoms with E-state index >= 15 is 0 Å². The van der Waals surface area contributed by atoms with Crippen molar-refractivity contribution in [3.63, 3.8) is 0 Å². The number of carbonyl (C=O) groups is 3. The van der Waals surface area contributed by atoms with Gasteiger partial charge in [-0.05, 0) is 74.6 Å². The van der Waals surface area contributed by atoms with E-state index in [0.29, 0.717) is 28.3 Å². The summed E-state index contributed by atoms with van der Waals surface area (Å²) in [4.78, 5) is 40.8. The summed E-state index contributed by atoms with van der Waals surface area (Å²) in [5.74, 6) is 0.556. The van der Waals surface area contributed by atoms with Gasteiger partial charge in [-0.15, -0.1) is 11.3 Å². The van der Waals surface area contributed by atoms with Crippen molar-refractivity contribution in [3.8, 4) is 6.07 Å². The van der Waals surface area contributed by atoms with Crippen LogP contribution in [0.2, 0.25) is 0 Å². The molecule has 3 atom stereocenters. The molecule has 1 saturated heterocycles. The predicted molar refractivity (Wildman–Crippen MR) is 120 cm³/mol. The number of hydrogen-bond donors (Lipinski definition) is 2. The second-order valence-electron chi connectivity index (χ2n) is 10.4. The summed E-state index contributed by atoms with van der Waals surface area (Å²) in [6, 6.07) is 2.72. The van der Waals surface area contributed by atoms with E-state index in [0.717, 1.165) is 19.3 Å². The summed E-state index contributed by atoms with van der Waals surface area (Å²) < 4.78 is 5.43. The largest absolute Gasteiger partial charge is 0.451 e. The van der Waals surface area contributed by atoms with Gasteiger partial charge in [-0.25, -0.2) is 4.79 Å². The number of carbonyl (C=O) groups excluding carboxylic acids is 3. The van der Waals surface area contributed by atoms with E-state index in [1.807, 2.05) is 6.07 Å². The minimum Gasteiger partial charge on any atom is -0.451 e. The summed E-state index contributed by atoms with van der Waals surface area (Å²) in [6.45, 7) is 1.59. The molecule has 2 N–H and O–H groups in total. The number of nitrogens with zero attached hydrogens (tertiary/aromatic N) is 2. The molecule has 0 unspecified atom stereocenters. The molecule has 4 bridgehead atoms. The molecule has 6 rings (SSSR count). The van der Waals surface area contributed by atoms with Crippen LogP contribution in [0.15, 0.2) is 11.4 Å². The zero-order valence-corrected chi connectivity index (χ0v) is 19.5. The Morgan fingerprint density at radius 3 is 2.45 bits per heavy atom. The van der Waals surface area contributed by atoms with Gasteiger partial charge in [-0.1, -0.05) is 0 Å². The fraction of sp³-hybridized carbons (Fsp3) is 0.667. The van der Waals surface area contributed by atoms with Crippen molar-refractivity contribution in [2.75, 3.05) is 11.9 Å². The van der Waals surface area contributed by atoms with Gasteiger partial charge in [0.1, 0.15) is 17.1 Å². The molecule has 2 heterocycles. The fourth-order valence-corrected chi connectivity index (χ4v) is 7.69. The summed E-state index contributed by atoms with van der Waals surface area (Å²) in [5.41, 5.74) is -0.0640. The number of amides is 2. The molecule has 0 radical (unpaired) electrons. The molecule has 33 heavy (non-hydrogen) atoms. The van der Waals surface area contributed by atoms with Crippen molar-refractivity contribution in [1.29, 1.82) is 5.26 Å². The molecule has 8 nitrogen and oxygen atoms in total. The van der Waals surface area contributed by atoms with Gasteiger partial charge in [0, 0.05) is 13.0 Å². The lowest BCUT2D eigenvalue weighted by atomic mass is 9.49. The zero-order chi connectivity index (χ0) is 23.3. The Balaban J connectivity index is 1.26. The third-order valence-corrected chi connectivity index (χ3v) is 8.82. The van der Waals surface area contributed by atoms with Gasteiger partial charge in [0.2, 0.25) is 5.91 Å². The van der Waals surface area contributed by atoms with Crippen LogP contribution in [0.4, 0.5) is 5.00 Å². The highest BCUT2D eigenvalue weighted by atomic mass is 32.1. The topological polar surface area (TPSA) is 120 Å². The van der Waals surface area contributed by atoms with Crippen LogP contribution in [-0.4, -0.2) is 52.6 Å². The summed E-state index contributed by atoms with van der Waals surface area (Å²) in [7, 11) is 0. The summed E-state index contributed by atoms with van der Waals surface area (Å²) >= 11 is 1.21. The molecule has 176 valence electrons. The number of aliphatic hydroxyl groups excluding tert-OH is 1. The number of ether oxygens (including phenoxy) is 1. The maximum atomic E-state index is 13.8. The number of hydrogen-bond acceptors (Lipinski definition) is 7. The Labute approximate surface area is 196 Å². The Morgan fingerprint density at radius 2 is 1.85 bits per heavy atom. The number of rotatable bonds is 5. The number of anilines is 1. The molecule has 4 aliphatic carbocycles. The fourth-order valence-electron chi connectivity index (χ4n) is 6.95. The van der Waals surface area contributed by atoms with E-state index in [1.54, 1.807) is 11.4 Å². The molecule has 1 aromatic rings. The molecule has 4 saturated carbocycles. The second-order valence-corrected chi connectivity index (χ2v) is 11.3. The molecule has 2 amide bonds. The van der Waals surface area contributed by atoms with Crippen LogP contribution >= 0.6 is 11.3 Å². The van der Waals surface area contributed by atoms with Crippen molar-refractivity contribution in [2.24, 2.45) is 23.2 Å². The average molecular weight is 472 g/mol. The molecule has 0 spiro atoms. The second kappa shape index (κ2) is 8.41. The van der Waals surface area contributed by atoms with Crippen LogP contribution < -0.4 is 5.32 Å². The number of nitriles is 1. The molecule has 5 aliphatic rings. The van der Waals surface area contributed by atoms with Crippen molar-refractivity contribution >= 4 is 34.1 Å². The number of esters is 1. The van der Waals surface area contributed by atoms with E-state index in [4.69, 9.17) is 10.00 Å². The number of β-amino-alcohol motifs (C(OH)–C–C–N with tert-alkyl or cyclic N) is 1. The SMILES string of the molecule is C[C@H](OC(=O)[C@H]1C[C@@H](O)CN1C(=O)C12CC3CC(CC(C3)C1)C2)C(=O)Nc1sccc1C#N. The standard InChI is InChI=1S/C24H29N3O5S/c1-13(20(29)26-21-17(11-25)2-3-33-21)32-22(30)19-7-18(28)12-27(19)23(31)24-8-14-4-15(9-24)6-16(5-14)10-24/h2-3,13-16,18-19,28H,4-10,12H2,1H3,(H,26,29)/t13-,14?,15?,16?,18+,19+,24?/m0/s1. The Hall–Kier alpha value is -2.44. The van der Waals surface area contributed by atoms with E-state index in [-0.39, 0.29) is 18.9 Å². The van der Waals surface area contributed by atoms with E-state index in [1.165, 1.54) is 42.4 Å². The third-order valence-electron chi connectivity index (χ3n) is 7.99. The first-order valence-electron chi connectivity index (χ1n) is 11.8. The van der Waals surface area contributed by atoms with Crippen LogP contribution in [-0.2, 0) is 19.1 Å². The van der Waals surface area contributed by atoms with Gasteiger partial charge < -0.3 is 20.1 Å². The van der Waals surface area contributed by atoms with Crippen molar-refractivity contribution in [1.82, 2.24) is 4.90 Å². The average Bonchev–Trinajstić information content (AvgIpc) is 3.38. The maximum Gasteiger partial charge on any atom is 0.329 e. The first kappa shape index (κ1) is 22.4. The lowest BCUT2D eigenvalue weighted by molar-refractivity contribution is -0.168. The summed E-state index contributed by atoms with van der Waals surface area (Å²) in [6.07, 6.45) is 4.53. The monoisotopic (exact) mass is 471 g/mol. The number of nitrogens with one attached hydrogen (secondary N) is 1. The molecule has 5 fully saturated rings. The maximum absolute atomic E-state index is 13.8. The van der Waals surface area contributed by atoms with Gasteiger partial charge in [0.25, 0.3) is 5.91 Å². The number of likely N-dealkylation sites (tertiary alicyclic amines) is 1. The molecular weight excluding hydrogens is 442 g/mol. The first-order valence-corrected chi connectivity index (χ1v) is 12.6. The molecular formula is C24H29N3O5S. The third kappa shape index (κ3) is 4.04. The van der Waals surface area contributed by atoms with Crippen molar-refractivity contribution < 1.29 is 24.2 Å². The van der Waals surface area contributed by atoms with Crippen molar-refractivity contribution in [3.05, 3.63) is 17.0 Å². The lowest BCUT2D eigenvalue weighted by Gasteiger charge is -2.56. The predicted octanol–water partition coefficient (Wildman–Crippen LogP) is 2.67. The van der Waals surface area contributed by atoms with Crippen LogP contribution in [0.5, 0.6) is 0 Å². The highest BCUT2D eigenvalue weighted by Crippen LogP contribution is 2.60. The normalized spacial score (nSPS) is 35.2. The van der Waals surface area contributed by atoms with E-state index < -0.39 is 35.5 Å². The zero-order valence-electron chi connectivity index (χ0n) is 18.7. The number of thiophene rings is 1. The molecule has 0 aromatic carbocycles. The van der Waals surface area contributed by atoms with Gasteiger partial charge in [-0.3, -0.25) is 9.59 Å². The van der Waals surface area contributed by atoms with Crippen molar-refractivity contribution in [2.45, 2.75) is 70.1 Å². The van der Waals surface area contributed by atoms with Crippen LogP contribution in [0.25, 0.3) is 0 Å². The van der Waals surface area contributed by atoms with Gasteiger partial charge in [0.05, 0.1) is 17.1 Å². The molecule has 1 aromatic heterocycles. The van der Waals surface area contributed by atoms with Gasteiger partial charge >= 0.3 is 5.97 Å². The van der Waals surface area contributed by atoms with E-state index in [2.05, 4.69) is 5.32 Å². The van der Waals surface area contributed by atoms with E-state index in [9.17, 15) is 19.5 Å². The van der Waals surface area contributed by atoms with Gasteiger partial charge in [0.15, 0.2) is 6.10 Å². The Bertz CT molecular complexity index is 979. The smallest absolute Gasteiger partial charge is 0.329 e. The number of aliphatic hydroxyl groups is 1. The minimum absolute atomic E-state index is 0.0190. The Morgan fingerprint density at radius 1 is 1.21 bits per heavy atom. The quantitative estimate of drug-likeness (QED) is 0.637. The molecule has 1 aliphatic heterocycles. The lowest BCUT2D eigenvalue weighted by Crippen LogP contribution is -2.56. The molecule has 9 heteroatoms. The van der Waals surface area contributed by atoms with Crippen LogP contribution in [0, 0.1) is 34.5 Å². The highest BCUT2D eigenvalue weighted by molar-refractivity contribution is 7.14.